The van der Waals surface area contributed by atoms with Crippen molar-refractivity contribution in [1.82, 2.24) is 4.72 Å². The van der Waals surface area contributed by atoms with Gasteiger partial charge in [-0.1, -0.05) is 23.7 Å². The molecule has 144 valence electrons. The minimum absolute atomic E-state index is 0.0829. The lowest BCUT2D eigenvalue weighted by molar-refractivity contribution is 0.0472. The molecule has 1 aliphatic heterocycles. The molecule has 1 atom stereocenters. The predicted octanol–water partition coefficient (Wildman–Crippen LogP) is 3.15. The first-order valence-electron chi connectivity index (χ1n) is 8.57. The van der Waals surface area contributed by atoms with E-state index >= 15 is 0 Å². The largest absolute Gasteiger partial charge is 0.457 e. The molecule has 2 aromatic rings. The van der Waals surface area contributed by atoms with Crippen LogP contribution < -0.4 is 4.72 Å². The number of esters is 1. The third kappa shape index (κ3) is 5.52. The van der Waals surface area contributed by atoms with Crippen LogP contribution in [0.3, 0.4) is 0 Å². The van der Waals surface area contributed by atoms with Gasteiger partial charge in [0.25, 0.3) is 0 Å². The Morgan fingerprint density at radius 2 is 2.00 bits per heavy atom. The number of carbonyl (C=O) groups is 1. The molecule has 1 N–H and O–H groups in total. The van der Waals surface area contributed by atoms with E-state index in [-0.39, 0.29) is 29.7 Å². The minimum Gasteiger partial charge on any atom is -0.457 e. The van der Waals surface area contributed by atoms with Gasteiger partial charge in [0.05, 0.1) is 16.6 Å². The number of carbonyl (C=O) groups excluding carboxylic acids is 1. The van der Waals surface area contributed by atoms with Crippen molar-refractivity contribution in [1.29, 1.82) is 0 Å². The number of nitrogens with one attached hydrogen (secondary N) is 1. The van der Waals surface area contributed by atoms with E-state index < -0.39 is 16.0 Å². The quantitative estimate of drug-likeness (QED) is 0.710. The fraction of sp³-hybridized carbons (Fsp3) is 0.316. The van der Waals surface area contributed by atoms with Crippen LogP contribution in [0, 0.1) is 0 Å². The van der Waals surface area contributed by atoms with Gasteiger partial charge in [-0.25, -0.2) is 17.9 Å². The van der Waals surface area contributed by atoms with E-state index in [0.717, 1.165) is 18.4 Å². The number of hydrogen-bond acceptors (Lipinski definition) is 5. The topological polar surface area (TPSA) is 81.7 Å². The van der Waals surface area contributed by atoms with Gasteiger partial charge >= 0.3 is 5.97 Å². The summed E-state index contributed by atoms with van der Waals surface area (Å²) in [6.45, 7) is 0.993. The summed E-state index contributed by atoms with van der Waals surface area (Å²) in [5.41, 5.74) is 1.04. The van der Waals surface area contributed by atoms with Gasteiger partial charge in [0, 0.05) is 18.2 Å². The van der Waals surface area contributed by atoms with E-state index in [9.17, 15) is 13.2 Å². The van der Waals surface area contributed by atoms with Crippen LogP contribution in [0.1, 0.15) is 28.8 Å². The maximum Gasteiger partial charge on any atom is 0.338 e. The molecule has 0 aliphatic carbocycles. The molecule has 1 saturated heterocycles. The van der Waals surface area contributed by atoms with Crippen molar-refractivity contribution in [2.75, 3.05) is 13.2 Å². The Morgan fingerprint density at radius 1 is 1.22 bits per heavy atom. The van der Waals surface area contributed by atoms with Gasteiger partial charge in [0.15, 0.2) is 0 Å². The molecule has 1 fully saturated rings. The van der Waals surface area contributed by atoms with Crippen LogP contribution in [0.5, 0.6) is 0 Å². The Balaban J connectivity index is 1.57. The highest BCUT2D eigenvalue weighted by Crippen LogP contribution is 2.16. The summed E-state index contributed by atoms with van der Waals surface area (Å²) < 4.78 is 37.8. The van der Waals surface area contributed by atoms with Gasteiger partial charge in [-0.2, -0.15) is 0 Å². The number of sulfonamides is 1. The molecule has 0 bridgehead atoms. The highest BCUT2D eigenvalue weighted by molar-refractivity contribution is 7.89. The van der Waals surface area contributed by atoms with Crippen molar-refractivity contribution in [3.05, 3.63) is 64.7 Å². The van der Waals surface area contributed by atoms with Gasteiger partial charge in [-0.3, -0.25) is 0 Å². The van der Waals surface area contributed by atoms with Crippen molar-refractivity contribution in [2.45, 2.75) is 30.4 Å². The average Bonchev–Trinajstić information content (AvgIpc) is 3.18. The Bertz CT molecular complexity index is 893. The standard InChI is InChI=1S/C19H20ClNO5S/c20-16-4-1-3-14(11-16)13-26-19(22)15-6-8-18(9-7-15)27(23,24)21-12-17-5-2-10-25-17/h1,3-4,6-9,11,17,21H,2,5,10,12-13H2. The fourth-order valence-electron chi connectivity index (χ4n) is 2.72. The molecule has 0 aromatic heterocycles. The van der Waals surface area contributed by atoms with Crippen LogP contribution in [0.15, 0.2) is 53.4 Å². The molecule has 1 unspecified atom stereocenters. The fourth-order valence-corrected chi connectivity index (χ4v) is 4.00. The van der Waals surface area contributed by atoms with Gasteiger partial charge in [-0.05, 0) is 54.8 Å². The maximum atomic E-state index is 12.3. The normalized spacial score (nSPS) is 17.0. The third-order valence-corrected chi connectivity index (χ3v) is 5.86. The number of rotatable bonds is 7. The molecule has 0 saturated carbocycles. The van der Waals surface area contributed by atoms with E-state index in [2.05, 4.69) is 4.72 Å². The number of ether oxygens (including phenoxy) is 2. The van der Waals surface area contributed by atoms with Crippen molar-refractivity contribution >= 4 is 27.6 Å². The smallest absolute Gasteiger partial charge is 0.338 e. The Kier molecular flexibility index (Phi) is 6.49. The average molecular weight is 410 g/mol. The van der Waals surface area contributed by atoms with E-state index in [1.165, 1.54) is 24.3 Å². The zero-order valence-corrected chi connectivity index (χ0v) is 16.1. The SMILES string of the molecule is O=C(OCc1cccc(Cl)c1)c1ccc(S(=O)(=O)NCC2CCCO2)cc1. The van der Waals surface area contributed by atoms with Crippen LogP contribution in [-0.2, 0) is 26.1 Å². The van der Waals surface area contributed by atoms with E-state index in [1.807, 2.05) is 0 Å². The van der Waals surface area contributed by atoms with Gasteiger partial charge in [-0.15, -0.1) is 0 Å². The highest BCUT2D eigenvalue weighted by atomic mass is 35.5. The van der Waals surface area contributed by atoms with Crippen LogP contribution in [0.2, 0.25) is 5.02 Å². The van der Waals surface area contributed by atoms with Crippen molar-refractivity contribution in [2.24, 2.45) is 0 Å². The van der Waals surface area contributed by atoms with E-state index in [1.54, 1.807) is 24.3 Å². The summed E-state index contributed by atoms with van der Waals surface area (Å²) in [5, 5.41) is 0.564. The Morgan fingerprint density at radius 3 is 2.67 bits per heavy atom. The van der Waals surface area contributed by atoms with Gasteiger partial charge < -0.3 is 9.47 Å². The Labute approximate surface area is 163 Å². The van der Waals surface area contributed by atoms with Crippen LogP contribution in [0.25, 0.3) is 0 Å². The van der Waals surface area contributed by atoms with Gasteiger partial charge in [0.2, 0.25) is 10.0 Å². The van der Waals surface area contributed by atoms with Crippen LogP contribution in [0.4, 0.5) is 0 Å². The lowest BCUT2D eigenvalue weighted by Gasteiger charge is -2.11. The summed E-state index contributed by atoms with van der Waals surface area (Å²) >= 11 is 5.89. The summed E-state index contributed by atoms with van der Waals surface area (Å²) in [6, 6.07) is 12.6. The predicted molar refractivity (Wildman–Crippen MR) is 101 cm³/mol. The molecule has 27 heavy (non-hydrogen) atoms. The molecule has 8 heteroatoms. The second-order valence-corrected chi connectivity index (χ2v) is 8.42. The highest BCUT2D eigenvalue weighted by Gasteiger charge is 2.20. The first kappa shape index (κ1) is 19.8. The summed E-state index contributed by atoms with van der Waals surface area (Å²) in [4.78, 5) is 12.2. The van der Waals surface area contributed by atoms with E-state index in [0.29, 0.717) is 11.6 Å². The maximum absolute atomic E-state index is 12.3. The van der Waals surface area contributed by atoms with Crippen LogP contribution in [-0.4, -0.2) is 33.6 Å². The van der Waals surface area contributed by atoms with Crippen molar-refractivity contribution < 1.29 is 22.7 Å². The molecular formula is C19H20ClNO5S. The lowest BCUT2D eigenvalue weighted by Crippen LogP contribution is -2.31. The third-order valence-electron chi connectivity index (χ3n) is 4.18. The molecule has 0 spiro atoms. The Hall–Kier alpha value is -1.93. The molecular weight excluding hydrogens is 390 g/mol. The molecule has 3 rings (SSSR count). The lowest BCUT2D eigenvalue weighted by atomic mass is 10.2. The molecule has 2 aromatic carbocycles. The second kappa shape index (κ2) is 8.84. The summed E-state index contributed by atoms with van der Waals surface area (Å²) in [5.74, 6) is -0.536. The molecule has 0 radical (unpaired) electrons. The number of halogens is 1. The zero-order valence-electron chi connectivity index (χ0n) is 14.6. The molecule has 1 heterocycles. The molecule has 0 amide bonds. The summed E-state index contributed by atoms with van der Waals surface area (Å²) in [6.07, 6.45) is 1.71. The minimum atomic E-state index is -3.65. The van der Waals surface area contributed by atoms with Crippen LogP contribution >= 0.6 is 11.6 Å². The number of hydrogen-bond donors (Lipinski definition) is 1. The van der Waals surface area contributed by atoms with Crippen molar-refractivity contribution in [3.63, 3.8) is 0 Å². The first-order chi connectivity index (χ1) is 12.9. The second-order valence-electron chi connectivity index (χ2n) is 6.22. The zero-order chi connectivity index (χ0) is 19.3. The van der Waals surface area contributed by atoms with Crippen molar-refractivity contribution in [3.8, 4) is 0 Å². The van der Waals surface area contributed by atoms with E-state index in [4.69, 9.17) is 21.1 Å². The first-order valence-corrected chi connectivity index (χ1v) is 10.4. The number of benzene rings is 2. The monoisotopic (exact) mass is 409 g/mol. The molecule has 6 nitrogen and oxygen atoms in total. The van der Waals surface area contributed by atoms with Gasteiger partial charge in [0.1, 0.15) is 6.61 Å². The molecule has 1 aliphatic rings. The summed E-state index contributed by atoms with van der Waals surface area (Å²) in [7, 11) is -3.65.